The van der Waals surface area contributed by atoms with Crippen LogP contribution >= 0.6 is 0 Å². The number of carbonyl (C=O) groups excluding carboxylic acids is 1. The van der Waals surface area contributed by atoms with Crippen LogP contribution in [0.5, 0.6) is 0 Å². The normalized spacial score (nSPS) is 27.1. The summed E-state index contributed by atoms with van der Waals surface area (Å²) in [6.07, 6.45) is 3.05. The molecular formula is C15H19F2NO. The molecule has 1 fully saturated rings. The summed E-state index contributed by atoms with van der Waals surface area (Å²) >= 11 is 0. The Hall–Kier alpha value is -1.45. The first-order chi connectivity index (χ1) is 9.00. The molecule has 1 saturated carbocycles. The first-order valence-electron chi connectivity index (χ1n) is 6.75. The van der Waals surface area contributed by atoms with Gasteiger partial charge in [-0.15, -0.1) is 0 Å². The number of rotatable bonds is 2. The van der Waals surface area contributed by atoms with Crippen LogP contribution in [0.25, 0.3) is 0 Å². The molecule has 1 aliphatic carbocycles. The number of hydrogen-bond acceptors (Lipinski definition) is 1. The second-order valence-electron chi connectivity index (χ2n) is 5.44. The van der Waals surface area contributed by atoms with Crippen molar-refractivity contribution in [2.45, 2.75) is 39.2 Å². The molecule has 0 aliphatic heterocycles. The smallest absolute Gasteiger partial charge is 0.257 e. The van der Waals surface area contributed by atoms with Gasteiger partial charge in [0, 0.05) is 6.04 Å². The maximum absolute atomic E-state index is 13.5. The van der Waals surface area contributed by atoms with Crippen molar-refractivity contribution in [3.05, 3.63) is 35.4 Å². The first-order valence-corrected chi connectivity index (χ1v) is 6.75. The van der Waals surface area contributed by atoms with Crippen LogP contribution in [0, 0.1) is 23.5 Å². The lowest BCUT2D eigenvalue weighted by Gasteiger charge is -2.34. The van der Waals surface area contributed by atoms with E-state index in [2.05, 4.69) is 19.2 Å². The third-order valence-electron chi connectivity index (χ3n) is 4.21. The van der Waals surface area contributed by atoms with E-state index >= 15 is 0 Å². The number of nitrogens with one attached hydrogen (secondary N) is 1. The largest absolute Gasteiger partial charge is 0.349 e. The van der Waals surface area contributed by atoms with Crippen molar-refractivity contribution < 1.29 is 13.6 Å². The molecular weight excluding hydrogens is 248 g/mol. The predicted molar refractivity (Wildman–Crippen MR) is 69.8 cm³/mol. The Morgan fingerprint density at radius 1 is 1.21 bits per heavy atom. The number of benzene rings is 1. The lowest BCUT2D eigenvalue weighted by atomic mass is 9.78. The monoisotopic (exact) mass is 267 g/mol. The zero-order chi connectivity index (χ0) is 14.0. The van der Waals surface area contributed by atoms with Crippen LogP contribution < -0.4 is 5.32 Å². The Kier molecular flexibility index (Phi) is 4.17. The molecule has 0 bridgehead atoms. The molecule has 1 aliphatic rings. The SMILES string of the molecule is C[C@@H]1[C@@H](C)CCC[C@H]1NC(=O)c1c(F)cccc1F. The summed E-state index contributed by atoms with van der Waals surface area (Å²) in [5.41, 5.74) is -0.479. The summed E-state index contributed by atoms with van der Waals surface area (Å²) in [5.74, 6) is -1.43. The van der Waals surface area contributed by atoms with E-state index in [1.165, 1.54) is 6.07 Å². The third-order valence-corrected chi connectivity index (χ3v) is 4.21. The Morgan fingerprint density at radius 3 is 2.47 bits per heavy atom. The topological polar surface area (TPSA) is 29.1 Å². The minimum absolute atomic E-state index is 0.00439. The van der Waals surface area contributed by atoms with Crippen LogP contribution in [0.4, 0.5) is 8.78 Å². The van der Waals surface area contributed by atoms with E-state index in [1.54, 1.807) is 0 Å². The molecule has 0 saturated heterocycles. The molecule has 1 aromatic carbocycles. The third kappa shape index (κ3) is 2.94. The van der Waals surface area contributed by atoms with Crippen LogP contribution in [0.2, 0.25) is 0 Å². The highest BCUT2D eigenvalue weighted by molar-refractivity contribution is 5.94. The average Bonchev–Trinajstić information content (AvgIpc) is 2.35. The molecule has 0 radical (unpaired) electrons. The molecule has 0 spiro atoms. The van der Waals surface area contributed by atoms with Gasteiger partial charge in [-0.05, 0) is 30.4 Å². The standard InChI is InChI=1S/C15H19F2NO/c1-9-5-3-8-13(10(9)2)18-15(19)14-11(16)6-4-7-12(14)17/h4,6-7,9-10,13H,3,5,8H2,1-2H3,(H,18,19)/t9-,10+,13+/m0/s1. The molecule has 2 nitrogen and oxygen atoms in total. The number of halogens is 2. The summed E-state index contributed by atoms with van der Waals surface area (Å²) in [4.78, 5) is 12.0. The highest BCUT2D eigenvalue weighted by Crippen LogP contribution is 2.29. The molecule has 3 atom stereocenters. The van der Waals surface area contributed by atoms with Crippen molar-refractivity contribution in [2.24, 2.45) is 11.8 Å². The zero-order valence-electron chi connectivity index (χ0n) is 11.2. The van der Waals surface area contributed by atoms with Gasteiger partial charge in [-0.25, -0.2) is 8.78 Å². The second-order valence-corrected chi connectivity index (χ2v) is 5.44. The van der Waals surface area contributed by atoms with Gasteiger partial charge in [0.25, 0.3) is 5.91 Å². The number of amides is 1. The highest BCUT2D eigenvalue weighted by atomic mass is 19.1. The van der Waals surface area contributed by atoms with Crippen molar-refractivity contribution in [2.75, 3.05) is 0 Å². The van der Waals surface area contributed by atoms with E-state index in [-0.39, 0.29) is 6.04 Å². The lowest BCUT2D eigenvalue weighted by Crippen LogP contribution is -2.44. The van der Waals surface area contributed by atoms with Gasteiger partial charge in [-0.1, -0.05) is 32.8 Å². The summed E-state index contributed by atoms with van der Waals surface area (Å²) in [6, 6.07) is 3.46. The maximum atomic E-state index is 13.5. The Morgan fingerprint density at radius 2 is 1.84 bits per heavy atom. The maximum Gasteiger partial charge on any atom is 0.257 e. The summed E-state index contributed by atoms with van der Waals surface area (Å²) in [7, 11) is 0. The molecule has 1 N–H and O–H groups in total. The van der Waals surface area contributed by atoms with E-state index in [1.807, 2.05) is 0 Å². The fraction of sp³-hybridized carbons (Fsp3) is 0.533. The summed E-state index contributed by atoms with van der Waals surface area (Å²) in [6.45, 7) is 4.22. The van der Waals surface area contributed by atoms with Gasteiger partial charge in [-0.3, -0.25) is 4.79 Å². The minimum Gasteiger partial charge on any atom is -0.349 e. The van der Waals surface area contributed by atoms with Crippen molar-refractivity contribution in [1.29, 1.82) is 0 Å². The summed E-state index contributed by atoms with van der Waals surface area (Å²) in [5, 5.41) is 2.78. The van der Waals surface area contributed by atoms with E-state index in [9.17, 15) is 13.6 Å². The van der Waals surface area contributed by atoms with Crippen LogP contribution in [-0.2, 0) is 0 Å². The molecule has 1 aromatic rings. The molecule has 0 aromatic heterocycles. The fourth-order valence-corrected chi connectivity index (χ4v) is 2.74. The first kappa shape index (κ1) is 14.0. The Bertz CT molecular complexity index is 455. The fourth-order valence-electron chi connectivity index (χ4n) is 2.74. The quantitative estimate of drug-likeness (QED) is 0.872. The van der Waals surface area contributed by atoms with Crippen LogP contribution in [0.15, 0.2) is 18.2 Å². The van der Waals surface area contributed by atoms with E-state index < -0.39 is 23.1 Å². The second kappa shape index (κ2) is 5.68. The zero-order valence-corrected chi connectivity index (χ0v) is 11.2. The number of carbonyl (C=O) groups is 1. The van der Waals surface area contributed by atoms with E-state index in [4.69, 9.17) is 0 Å². The molecule has 0 unspecified atom stereocenters. The van der Waals surface area contributed by atoms with Gasteiger partial charge in [0.1, 0.15) is 17.2 Å². The minimum atomic E-state index is -0.811. The molecule has 104 valence electrons. The molecule has 0 heterocycles. The van der Waals surface area contributed by atoms with Crippen molar-refractivity contribution in [3.8, 4) is 0 Å². The van der Waals surface area contributed by atoms with Gasteiger partial charge in [0.2, 0.25) is 0 Å². The van der Waals surface area contributed by atoms with Gasteiger partial charge in [0.05, 0.1) is 0 Å². The van der Waals surface area contributed by atoms with Crippen LogP contribution in [-0.4, -0.2) is 11.9 Å². The molecule has 1 amide bonds. The van der Waals surface area contributed by atoms with Gasteiger partial charge < -0.3 is 5.32 Å². The number of hydrogen-bond donors (Lipinski definition) is 1. The Balaban J connectivity index is 2.13. The predicted octanol–water partition coefficient (Wildman–Crippen LogP) is 3.52. The lowest BCUT2D eigenvalue weighted by molar-refractivity contribution is 0.0882. The molecule has 2 rings (SSSR count). The van der Waals surface area contributed by atoms with Crippen molar-refractivity contribution in [3.63, 3.8) is 0 Å². The van der Waals surface area contributed by atoms with E-state index in [0.29, 0.717) is 11.8 Å². The van der Waals surface area contributed by atoms with E-state index in [0.717, 1.165) is 31.4 Å². The van der Waals surface area contributed by atoms with Crippen LogP contribution in [0.3, 0.4) is 0 Å². The molecule has 4 heteroatoms. The molecule has 19 heavy (non-hydrogen) atoms. The van der Waals surface area contributed by atoms with Crippen molar-refractivity contribution in [1.82, 2.24) is 5.32 Å². The van der Waals surface area contributed by atoms with Gasteiger partial charge in [-0.2, -0.15) is 0 Å². The van der Waals surface area contributed by atoms with Gasteiger partial charge >= 0.3 is 0 Å². The summed E-state index contributed by atoms with van der Waals surface area (Å²) < 4.78 is 27.1. The van der Waals surface area contributed by atoms with Crippen LogP contribution in [0.1, 0.15) is 43.5 Å². The van der Waals surface area contributed by atoms with Crippen molar-refractivity contribution >= 4 is 5.91 Å². The van der Waals surface area contributed by atoms with Gasteiger partial charge in [0.15, 0.2) is 0 Å². The average molecular weight is 267 g/mol. The Labute approximate surface area is 112 Å². The highest BCUT2D eigenvalue weighted by Gasteiger charge is 2.29.